The lowest BCUT2D eigenvalue weighted by Gasteiger charge is -2.21. The predicted octanol–water partition coefficient (Wildman–Crippen LogP) is 3.96. The van der Waals surface area contributed by atoms with Gasteiger partial charge in [-0.3, -0.25) is 9.69 Å². The smallest absolute Gasteiger partial charge is 0.325 e. The summed E-state index contributed by atoms with van der Waals surface area (Å²) < 4.78 is 5.32. The second kappa shape index (κ2) is 6.55. The predicted molar refractivity (Wildman–Crippen MR) is 99.8 cm³/mol. The fourth-order valence-electron chi connectivity index (χ4n) is 3.11. The van der Waals surface area contributed by atoms with Gasteiger partial charge < -0.3 is 9.84 Å². The normalized spacial score (nSPS) is 19.4. The molecule has 6 nitrogen and oxygen atoms in total. The van der Waals surface area contributed by atoms with Gasteiger partial charge in [-0.1, -0.05) is 59.2 Å². The Balaban J connectivity index is 1.56. The van der Waals surface area contributed by atoms with Crippen molar-refractivity contribution >= 4 is 23.5 Å². The molecule has 27 heavy (non-hydrogen) atoms. The number of urea groups is 1. The molecule has 3 amide bonds. The van der Waals surface area contributed by atoms with Gasteiger partial charge >= 0.3 is 6.03 Å². The van der Waals surface area contributed by atoms with Crippen LogP contribution in [0.3, 0.4) is 0 Å². The minimum absolute atomic E-state index is 0.00762. The van der Waals surface area contributed by atoms with Gasteiger partial charge in [0.25, 0.3) is 5.91 Å². The van der Waals surface area contributed by atoms with Gasteiger partial charge in [0.15, 0.2) is 5.76 Å². The van der Waals surface area contributed by atoms with Crippen LogP contribution in [-0.4, -0.2) is 22.0 Å². The minimum atomic E-state index is -1.10. The summed E-state index contributed by atoms with van der Waals surface area (Å²) in [6, 6.07) is 17.6. The second-order valence-electron chi connectivity index (χ2n) is 6.50. The molecule has 0 aliphatic carbocycles. The van der Waals surface area contributed by atoms with Crippen molar-refractivity contribution in [2.45, 2.75) is 19.0 Å². The highest BCUT2D eigenvalue weighted by atomic mass is 35.5. The highest BCUT2D eigenvalue weighted by Crippen LogP contribution is 2.30. The molecule has 0 bridgehead atoms. The van der Waals surface area contributed by atoms with E-state index < -0.39 is 11.6 Å². The first-order valence-corrected chi connectivity index (χ1v) is 8.76. The zero-order valence-electron chi connectivity index (χ0n) is 14.5. The van der Waals surface area contributed by atoms with Crippen LogP contribution in [0.4, 0.5) is 4.79 Å². The van der Waals surface area contributed by atoms with Crippen molar-refractivity contribution in [2.75, 3.05) is 0 Å². The molecule has 1 fully saturated rings. The third-order valence-corrected chi connectivity index (χ3v) is 4.89. The number of amides is 3. The van der Waals surface area contributed by atoms with Gasteiger partial charge in [0.2, 0.25) is 0 Å². The molecule has 7 heteroatoms. The second-order valence-corrected chi connectivity index (χ2v) is 6.93. The Bertz CT molecular complexity index is 1000. The molecule has 1 aliphatic rings. The number of carbonyl (C=O) groups excluding carboxylic acids is 2. The fraction of sp³-hybridized carbons (Fsp3) is 0.150. The largest absolute Gasteiger partial charge is 0.359 e. The number of rotatable bonds is 4. The van der Waals surface area contributed by atoms with E-state index in [0.717, 1.165) is 16.0 Å². The van der Waals surface area contributed by atoms with E-state index in [1.165, 1.54) is 0 Å². The Morgan fingerprint density at radius 3 is 2.52 bits per heavy atom. The molecule has 1 aliphatic heterocycles. The van der Waals surface area contributed by atoms with Crippen LogP contribution >= 0.6 is 11.6 Å². The first kappa shape index (κ1) is 17.3. The molecule has 1 aromatic heterocycles. The molecule has 1 N–H and O–H groups in total. The third-order valence-electron chi connectivity index (χ3n) is 4.64. The number of aromatic nitrogens is 1. The summed E-state index contributed by atoms with van der Waals surface area (Å²) >= 11 is 5.89. The van der Waals surface area contributed by atoms with Crippen molar-refractivity contribution in [2.24, 2.45) is 0 Å². The first-order chi connectivity index (χ1) is 13.0. The number of nitrogens with zero attached hydrogens (tertiary/aromatic N) is 2. The van der Waals surface area contributed by atoms with E-state index in [0.29, 0.717) is 16.5 Å². The van der Waals surface area contributed by atoms with Crippen molar-refractivity contribution in [1.82, 2.24) is 15.4 Å². The zero-order chi connectivity index (χ0) is 19.0. The van der Waals surface area contributed by atoms with Gasteiger partial charge in [-0.2, -0.15) is 0 Å². The number of benzene rings is 2. The molecule has 2 heterocycles. The van der Waals surface area contributed by atoms with Gasteiger partial charge in [-0.05, 0) is 24.6 Å². The third kappa shape index (κ3) is 3.08. The van der Waals surface area contributed by atoms with E-state index in [9.17, 15) is 9.59 Å². The SMILES string of the molecule is CC1(c2ccccc2)NC(=O)N(Cc2cc(-c3ccc(Cl)cc3)no2)C1=O. The maximum atomic E-state index is 12.9. The number of hydrogen-bond donors (Lipinski definition) is 1. The van der Waals surface area contributed by atoms with Gasteiger partial charge in [0.05, 0.1) is 6.54 Å². The number of imide groups is 1. The Kier molecular flexibility index (Phi) is 4.20. The summed E-state index contributed by atoms with van der Waals surface area (Å²) in [6.45, 7) is 1.70. The van der Waals surface area contributed by atoms with E-state index in [-0.39, 0.29) is 12.5 Å². The number of hydrogen-bond acceptors (Lipinski definition) is 4. The monoisotopic (exact) mass is 381 g/mol. The van der Waals surface area contributed by atoms with E-state index in [1.807, 2.05) is 42.5 Å². The van der Waals surface area contributed by atoms with E-state index in [4.69, 9.17) is 16.1 Å². The summed E-state index contributed by atoms with van der Waals surface area (Å²) in [5.74, 6) is 0.0869. The van der Waals surface area contributed by atoms with Crippen LogP contribution in [0.5, 0.6) is 0 Å². The average Bonchev–Trinajstić information content (AvgIpc) is 3.23. The van der Waals surface area contributed by atoms with Crippen molar-refractivity contribution in [3.63, 3.8) is 0 Å². The van der Waals surface area contributed by atoms with Gasteiger partial charge in [0, 0.05) is 16.7 Å². The summed E-state index contributed by atoms with van der Waals surface area (Å²) in [6.07, 6.45) is 0. The van der Waals surface area contributed by atoms with E-state index in [2.05, 4.69) is 10.5 Å². The quantitative estimate of drug-likeness (QED) is 0.694. The standard InChI is InChI=1S/C20H16ClN3O3/c1-20(14-5-3-2-4-6-14)18(25)24(19(26)22-20)12-16-11-17(23-27-16)13-7-9-15(21)10-8-13/h2-11H,12H2,1H3,(H,22,26). The van der Waals surface area contributed by atoms with Crippen LogP contribution in [0.2, 0.25) is 5.02 Å². The lowest BCUT2D eigenvalue weighted by molar-refractivity contribution is -0.131. The zero-order valence-corrected chi connectivity index (χ0v) is 15.2. The molecule has 2 aromatic carbocycles. The topological polar surface area (TPSA) is 75.4 Å². The lowest BCUT2D eigenvalue weighted by atomic mass is 9.92. The highest BCUT2D eigenvalue weighted by Gasteiger charge is 2.49. The van der Waals surface area contributed by atoms with Crippen LogP contribution in [-0.2, 0) is 16.9 Å². The molecule has 1 saturated heterocycles. The Labute approximate surface area is 160 Å². The van der Waals surface area contributed by atoms with Gasteiger partial charge in [0.1, 0.15) is 11.2 Å². The Hall–Kier alpha value is -3.12. The van der Waals surface area contributed by atoms with Gasteiger partial charge in [-0.25, -0.2) is 4.79 Å². The molecule has 4 rings (SSSR count). The van der Waals surface area contributed by atoms with Crippen molar-refractivity contribution < 1.29 is 14.1 Å². The van der Waals surface area contributed by atoms with E-state index >= 15 is 0 Å². The van der Waals surface area contributed by atoms with E-state index in [1.54, 1.807) is 25.1 Å². The Morgan fingerprint density at radius 1 is 1.11 bits per heavy atom. The lowest BCUT2D eigenvalue weighted by Crippen LogP contribution is -2.40. The molecule has 1 atom stereocenters. The van der Waals surface area contributed by atoms with Crippen molar-refractivity contribution in [1.29, 1.82) is 0 Å². The molecule has 3 aromatic rings. The van der Waals surface area contributed by atoms with Crippen LogP contribution in [0.1, 0.15) is 18.2 Å². The van der Waals surface area contributed by atoms with Crippen LogP contribution in [0.25, 0.3) is 11.3 Å². The molecule has 136 valence electrons. The molecule has 1 unspecified atom stereocenters. The minimum Gasteiger partial charge on any atom is -0.359 e. The molecular formula is C20H16ClN3O3. The maximum absolute atomic E-state index is 12.9. The van der Waals surface area contributed by atoms with Crippen LogP contribution in [0, 0.1) is 0 Å². The maximum Gasteiger partial charge on any atom is 0.325 e. The number of nitrogens with one attached hydrogen (secondary N) is 1. The Morgan fingerprint density at radius 2 is 1.81 bits per heavy atom. The summed E-state index contributed by atoms with van der Waals surface area (Å²) in [7, 11) is 0. The molecular weight excluding hydrogens is 366 g/mol. The van der Waals surface area contributed by atoms with Gasteiger partial charge in [-0.15, -0.1) is 0 Å². The first-order valence-electron chi connectivity index (χ1n) is 8.38. The fourth-order valence-corrected chi connectivity index (χ4v) is 3.23. The summed E-state index contributed by atoms with van der Waals surface area (Å²) in [5, 5.41) is 7.41. The summed E-state index contributed by atoms with van der Waals surface area (Å²) in [5.41, 5.74) is 1.07. The van der Waals surface area contributed by atoms with Crippen LogP contribution < -0.4 is 5.32 Å². The van der Waals surface area contributed by atoms with Crippen LogP contribution in [0.15, 0.2) is 65.2 Å². The summed E-state index contributed by atoms with van der Waals surface area (Å²) in [4.78, 5) is 26.5. The molecule has 0 radical (unpaired) electrons. The molecule has 0 spiro atoms. The highest BCUT2D eigenvalue weighted by molar-refractivity contribution is 6.30. The van der Waals surface area contributed by atoms with Crippen molar-refractivity contribution in [3.05, 3.63) is 77.0 Å². The number of halogens is 1. The van der Waals surface area contributed by atoms with Crippen molar-refractivity contribution in [3.8, 4) is 11.3 Å². The molecule has 0 saturated carbocycles. The average molecular weight is 382 g/mol. The number of carbonyl (C=O) groups is 2.